The quantitative estimate of drug-likeness (QED) is 0.229. The minimum absolute atomic E-state index is 0.0301. The maximum atomic E-state index is 12.8. The molecule has 0 aliphatic carbocycles. The minimum Gasteiger partial charge on any atom is -0.460 e. The molecule has 196 valence electrons. The number of esters is 1. The van der Waals surface area contributed by atoms with E-state index in [0.717, 1.165) is 33.9 Å². The standard InChI is InChI=1S/C27H39N5O3S/c1-16-17(2)36-26-23(16)24(20-12-10-19(11-13-20)9-7-8-14-30-34)31-21(25(29)32(26)18(3)28)15-22(33)35-27(4,5)6/h7,9-13,16-18,21,29-30,34H,8,14-15,28H2,1-6H3/b9-7+,29-25?/t16?,17?,18?,21-/m0/s1. The first-order valence-corrected chi connectivity index (χ1v) is 13.3. The highest BCUT2D eigenvalue weighted by Gasteiger charge is 2.42. The van der Waals surface area contributed by atoms with Crippen molar-refractivity contribution < 1.29 is 14.7 Å². The predicted octanol–water partition coefficient (Wildman–Crippen LogP) is 4.54. The maximum Gasteiger partial charge on any atom is 0.308 e. The van der Waals surface area contributed by atoms with Gasteiger partial charge in [-0.05, 0) is 45.6 Å². The van der Waals surface area contributed by atoms with Crippen LogP contribution >= 0.6 is 11.8 Å². The molecule has 5 N–H and O–H groups in total. The Kier molecular flexibility index (Phi) is 9.16. The monoisotopic (exact) mass is 513 g/mol. The molecule has 36 heavy (non-hydrogen) atoms. The Hall–Kier alpha value is -2.46. The number of carbonyl (C=O) groups is 1. The smallest absolute Gasteiger partial charge is 0.308 e. The summed E-state index contributed by atoms with van der Waals surface area (Å²) in [5.74, 6) is 0.0202. The molecule has 2 aliphatic heterocycles. The van der Waals surface area contributed by atoms with E-state index >= 15 is 0 Å². The first-order valence-electron chi connectivity index (χ1n) is 12.4. The van der Waals surface area contributed by atoms with E-state index in [9.17, 15) is 4.79 Å². The number of nitrogens with one attached hydrogen (secondary N) is 2. The summed E-state index contributed by atoms with van der Waals surface area (Å²) in [7, 11) is 0. The van der Waals surface area contributed by atoms with Gasteiger partial charge < -0.3 is 20.6 Å². The van der Waals surface area contributed by atoms with Crippen molar-refractivity contribution in [3.05, 3.63) is 52.1 Å². The van der Waals surface area contributed by atoms with Crippen molar-refractivity contribution in [1.82, 2.24) is 10.4 Å². The molecule has 3 rings (SSSR count). The molecule has 0 bridgehead atoms. The Labute approximate surface area is 218 Å². The van der Waals surface area contributed by atoms with Gasteiger partial charge in [0.1, 0.15) is 17.5 Å². The summed E-state index contributed by atoms with van der Waals surface area (Å²) < 4.78 is 5.57. The molecule has 0 saturated carbocycles. The van der Waals surface area contributed by atoms with Crippen LogP contribution < -0.4 is 11.2 Å². The van der Waals surface area contributed by atoms with Gasteiger partial charge in [0.2, 0.25) is 0 Å². The fourth-order valence-electron chi connectivity index (χ4n) is 4.27. The zero-order valence-corrected chi connectivity index (χ0v) is 22.9. The number of benzene rings is 1. The molecular formula is C27H39N5O3S. The number of hydrogen-bond acceptors (Lipinski definition) is 8. The molecule has 0 amide bonds. The number of amidine groups is 1. The third-order valence-corrected chi connectivity index (χ3v) is 7.55. The number of rotatable bonds is 8. The van der Waals surface area contributed by atoms with Crippen molar-refractivity contribution in [2.45, 2.75) is 77.4 Å². The van der Waals surface area contributed by atoms with Crippen LogP contribution in [0.15, 0.2) is 45.9 Å². The normalized spacial score (nSPS) is 23.6. The van der Waals surface area contributed by atoms with E-state index in [0.29, 0.717) is 11.8 Å². The Morgan fingerprint density at radius 3 is 2.58 bits per heavy atom. The number of allylic oxidation sites excluding steroid dienone is 1. The van der Waals surface area contributed by atoms with Crippen LogP contribution in [0.2, 0.25) is 0 Å². The lowest BCUT2D eigenvalue weighted by atomic mass is 9.90. The topological polar surface area (TPSA) is 124 Å². The van der Waals surface area contributed by atoms with Crippen molar-refractivity contribution in [3.8, 4) is 0 Å². The Bertz CT molecular complexity index is 1060. The number of nitrogens with two attached hydrogens (primary N) is 1. The molecule has 2 heterocycles. The van der Waals surface area contributed by atoms with Gasteiger partial charge in [-0.1, -0.05) is 50.3 Å². The molecule has 1 aromatic rings. The van der Waals surface area contributed by atoms with Crippen LogP contribution in [0.3, 0.4) is 0 Å². The van der Waals surface area contributed by atoms with Gasteiger partial charge in [-0.25, -0.2) is 5.48 Å². The lowest BCUT2D eigenvalue weighted by Gasteiger charge is -2.31. The number of carbonyl (C=O) groups excluding carboxylic acids is 1. The SMILES string of the molecule is CC1SC2=C(C(c3ccc(/C=C/CCNO)cc3)=N[C@@H](CC(=O)OC(C)(C)C)C(=N)N2C(C)N)C1C. The van der Waals surface area contributed by atoms with Crippen molar-refractivity contribution >= 4 is 35.4 Å². The summed E-state index contributed by atoms with van der Waals surface area (Å²) in [5.41, 5.74) is 11.8. The van der Waals surface area contributed by atoms with Crippen molar-refractivity contribution in [2.75, 3.05) is 6.54 Å². The summed E-state index contributed by atoms with van der Waals surface area (Å²) >= 11 is 1.71. The molecule has 0 aromatic heterocycles. The first-order chi connectivity index (χ1) is 16.9. The molecule has 2 aliphatic rings. The van der Waals surface area contributed by atoms with Gasteiger partial charge in [0.25, 0.3) is 0 Å². The van der Waals surface area contributed by atoms with Gasteiger partial charge in [-0.15, -0.1) is 11.8 Å². The van der Waals surface area contributed by atoms with E-state index in [1.165, 1.54) is 0 Å². The Balaban J connectivity index is 2.05. The predicted molar refractivity (Wildman–Crippen MR) is 147 cm³/mol. The number of hydroxylamine groups is 1. The number of ether oxygens (including phenoxy) is 1. The highest BCUT2D eigenvalue weighted by Crippen LogP contribution is 2.47. The summed E-state index contributed by atoms with van der Waals surface area (Å²) in [6.07, 6.45) is 4.25. The van der Waals surface area contributed by atoms with Gasteiger partial charge in [-0.3, -0.25) is 15.2 Å². The minimum atomic E-state index is -0.708. The van der Waals surface area contributed by atoms with Crippen molar-refractivity contribution in [1.29, 1.82) is 5.41 Å². The highest BCUT2D eigenvalue weighted by atomic mass is 32.2. The average molecular weight is 514 g/mol. The number of hydrogen-bond donors (Lipinski definition) is 4. The summed E-state index contributed by atoms with van der Waals surface area (Å²) in [5, 5.41) is 19.0. The fraction of sp³-hybridized carbons (Fsp3) is 0.519. The Morgan fingerprint density at radius 1 is 1.33 bits per heavy atom. The molecule has 0 radical (unpaired) electrons. The molecule has 9 heteroatoms. The van der Waals surface area contributed by atoms with Gasteiger partial charge in [0.15, 0.2) is 0 Å². The largest absolute Gasteiger partial charge is 0.460 e. The number of aliphatic imine (C=N–C) groups is 1. The second-order valence-electron chi connectivity index (χ2n) is 10.3. The fourth-order valence-corrected chi connectivity index (χ4v) is 5.75. The van der Waals surface area contributed by atoms with E-state index in [1.54, 1.807) is 11.8 Å². The molecule has 1 aromatic carbocycles. The zero-order valence-electron chi connectivity index (χ0n) is 22.0. The second-order valence-corrected chi connectivity index (χ2v) is 11.7. The molecular weight excluding hydrogens is 474 g/mol. The summed E-state index contributed by atoms with van der Waals surface area (Å²) in [4.78, 5) is 19.6. The highest BCUT2D eigenvalue weighted by molar-refractivity contribution is 8.03. The van der Waals surface area contributed by atoms with Gasteiger partial charge in [0, 0.05) is 22.9 Å². The third-order valence-electron chi connectivity index (χ3n) is 6.13. The van der Waals surface area contributed by atoms with E-state index in [4.69, 9.17) is 26.1 Å². The van der Waals surface area contributed by atoms with E-state index < -0.39 is 17.8 Å². The lowest BCUT2D eigenvalue weighted by Crippen LogP contribution is -2.46. The van der Waals surface area contributed by atoms with Crippen LogP contribution in [0.4, 0.5) is 0 Å². The van der Waals surface area contributed by atoms with E-state index in [2.05, 4.69) is 19.3 Å². The van der Waals surface area contributed by atoms with Crippen LogP contribution in [0.1, 0.15) is 65.5 Å². The lowest BCUT2D eigenvalue weighted by molar-refractivity contribution is -0.154. The summed E-state index contributed by atoms with van der Waals surface area (Å²) in [6.45, 7) is 12.2. The van der Waals surface area contributed by atoms with Crippen molar-refractivity contribution in [3.63, 3.8) is 0 Å². The average Bonchev–Trinajstić information content (AvgIpc) is 3.00. The number of thioether (sulfide) groups is 1. The molecule has 0 spiro atoms. The van der Waals surface area contributed by atoms with Crippen LogP contribution in [0, 0.1) is 11.3 Å². The molecule has 0 fully saturated rings. The van der Waals surface area contributed by atoms with Crippen LogP contribution in [0.5, 0.6) is 0 Å². The Morgan fingerprint density at radius 2 is 2.00 bits per heavy atom. The van der Waals surface area contributed by atoms with Crippen molar-refractivity contribution in [2.24, 2.45) is 16.6 Å². The van der Waals surface area contributed by atoms with Gasteiger partial charge >= 0.3 is 5.97 Å². The molecule has 3 unspecified atom stereocenters. The van der Waals surface area contributed by atoms with Crippen LogP contribution in [-0.2, 0) is 9.53 Å². The van der Waals surface area contributed by atoms with E-state index in [-0.39, 0.29) is 24.1 Å². The zero-order chi connectivity index (χ0) is 26.6. The number of nitrogens with zero attached hydrogens (tertiary/aromatic N) is 2. The maximum absolute atomic E-state index is 12.8. The van der Waals surface area contributed by atoms with Gasteiger partial charge in [-0.2, -0.15) is 0 Å². The van der Waals surface area contributed by atoms with E-state index in [1.807, 2.05) is 69.0 Å². The van der Waals surface area contributed by atoms with Crippen LogP contribution in [0.25, 0.3) is 6.08 Å². The first kappa shape index (κ1) is 28.1. The molecule has 0 saturated heterocycles. The van der Waals surface area contributed by atoms with Crippen LogP contribution in [-0.4, -0.2) is 57.2 Å². The molecule has 8 nitrogen and oxygen atoms in total. The second kappa shape index (κ2) is 11.7. The van der Waals surface area contributed by atoms with Gasteiger partial charge in [0.05, 0.1) is 23.3 Å². The third kappa shape index (κ3) is 6.64. The summed E-state index contributed by atoms with van der Waals surface area (Å²) in [6, 6.07) is 7.41. The molecule has 4 atom stereocenters.